The van der Waals surface area contributed by atoms with Crippen molar-refractivity contribution in [3.63, 3.8) is 0 Å². The second kappa shape index (κ2) is 5.83. The quantitative estimate of drug-likeness (QED) is 0.869. The molecule has 1 aromatic carbocycles. The summed E-state index contributed by atoms with van der Waals surface area (Å²) < 4.78 is 5.66. The lowest BCUT2D eigenvalue weighted by Crippen LogP contribution is -2.25. The molecule has 0 aliphatic heterocycles. The average molecular weight is 280 g/mol. The third-order valence-electron chi connectivity index (χ3n) is 3.08. The molecule has 0 amide bonds. The van der Waals surface area contributed by atoms with Crippen LogP contribution in [0.4, 0.5) is 0 Å². The fourth-order valence-corrected chi connectivity index (χ4v) is 1.56. The Balaban J connectivity index is 3.07. The molecule has 0 heterocycles. The number of hydrogen-bond acceptors (Lipinski definition) is 3. The Morgan fingerprint density at radius 2 is 1.75 bits per heavy atom. The van der Waals surface area contributed by atoms with Crippen LogP contribution in [0, 0.1) is 5.41 Å². The van der Waals surface area contributed by atoms with Crippen molar-refractivity contribution in [2.75, 3.05) is 13.2 Å². The summed E-state index contributed by atoms with van der Waals surface area (Å²) in [6, 6.07) is 5.05. The van der Waals surface area contributed by atoms with Crippen LogP contribution in [-0.4, -0.2) is 29.4 Å². The number of aliphatic hydroxyl groups is 1. The van der Waals surface area contributed by atoms with Crippen molar-refractivity contribution >= 4 is 5.97 Å². The Kier molecular flexibility index (Phi) is 4.81. The van der Waals surface area contributed by atoms with Gasteiger partial charge >= 0.3 is 5.97 Å². The van der Waals surface area contributed by atoms with E-state index in [-0.39, 0.29) is 23.0 Å². The van der Waals surface area contributed by atoms with Gasteiger partial charge in [-0.3, -0.25) is 0 Å². The maximum atomic E-state index is 11.2. The van der Waals surface area contributed by atoms with E-state index in [0.717, 1.165) is 5.56 Å². The highest BCUT2D eigenvalue weighted by molar-refractivity contribution is 5.88. The van der Waals surface area contributed by atoms with E-state index in [9.17, 15) is 15.0 Å². The van der Waals surface area contributed by atoms with E-state index in [4.69, 9.17) is 4.74 Å². The Bertz CT molecular complexity index is 484. The van der Waals surface area contributed by atoms with Crippen LogP contribution in [0.2, 0.25) is 0 Å². The van der Waals surface area contributed by atoms with Gasteiger partial charge in [0.05, 0.1) is 18.8 Å². The summed E-state index contributed by atoms with van der Waals surface area (Å²) in [5.74, 6) is -0.446. The molecule has 0 aliphatic rings. The van der Waals surface area contributed by atoms with Crippen molar-refractivity contribution in [3.05, 3.63) is 29.3 Å². The van der Waals surface area contributed by atoms with Gasteiger partial charge in [-0.05, 0) is 29.2 Å². The van der Waals surface area contributed by atoms with Crippen molar-refractivity contribution in [1.82, 2.24) is 0 Å². The van der Waals surface area contributed by atoms with Gasteiger partial charge in [0.2, 0.25) is 0 Å². The number of aromatic carboxylic acids is 1. The molecular weight excluding hydrogens is 256 g/mol. The molecular formula is C16H24O4. The molecule has 0 bridgehead atoms. The van der Waals surface area contributed by atoms with Crippen molar-refractivity contribution in [3.8, 4) is 5.75 Å². The van der Waals surface area contributed by atoms with E-state index in [1.807, 2.05) is 40.7 Å². The molecule has 4 heteroatoms. The number of carboxylic acids is 1. The SMILES string of the molecule is CC(C)(CO)COc1cc(C(=O)O)cc(C(C)(C)C)c1. The normalized spacial score (nSPS) is 12.3. The van der Waals surface area contributed by atoms with E-state index in [1.165, 1.54) is 6.07 Å². The van der Waals surface area contributed by atoms with Gasteiger partial charge in [-0.2, -0.15) is 0 Å². The van der Waals surface area contributed by atoms with Crippen molar-refractivity contribution in [1.29, 1.82) is 0 Å². The first-order valence-corrected chi connectivity index (χ1v) is 6.68. The number of ether oxygens (including phenoxy) is 1. The third-order valence-corrected chi connectivity index (χ3v) is 3.08. The molecule has 20 heavy (non-hydrogen) atoms. The van der Waals surface area contributed by atoms with Gasteiger partial charge in [0.15, 0.2) is 0 Å². The summed E-state index contributed by atoms with van der Waals surface area (Å²) in [7, 11) is 0. The maximum absolute atomic E-state index is 11.2. The molecule has 0 saturated carbocycles. The van der Waals surface area contributed by atoms with Crippen molar-refractivity contribution in [2.45, 2.75) is 40.0 Å². The van der Waals surface area contributed by atoms with Crippen molar-refractivity contribution in [2.24, 2.45) is 5.41 Å². The standard InChI is InChI=1S/C16H24O4/c1-15(2,3)12-6-11(14(18)19)7-13(8-12)20-10-16(4,5)9-17/h6-8,17H,9-10H2,1-5H3,(H,18,19). The zero-order valence-electron chi connectivity index (χ0n) is 12.9. The van der Waals surface area contributed by atoms with E-state index in [2.05, 4.69) is 0 Å². The van der Waals surface area contributed by atoms with Crippen LogP contribution in [0.25, 0.3) is 0 Å². The van der Waals surface area contributed by atoms with Gasteiger partial charge in [0.1, 0.15) is 5.75 Å². The Hall–Kier alpha value is -1.55. The Morgan fingerprint density at radius 1 is 1.15 bits per heavy atom. The minimum absolute atomic E-state index is 0.0117. The van der Waals surface area contributed by atoms with Crippen LogP contribution in [-0.2, 0) is 5.41 Å². The largest absolute Gasteiger partial charge is 0.493 e. The fraction of sp³-hybridized carbons (Fsp3) is 0.562. The number of aliphatic hydroxyl groups excluding tert-OH is 1. The number of benzene rings is 1. The molecule has 2 N–H and O–H groups in total. The molecule has 112 valence electrons. The molecule has 0 atom stereocenters. The lowest BCUT2D eigenvalue weighted by Gasteiger charge is -2.24. The summed E-state index contributed by atoms with van der Waals surface area (Å²) >= 11 is 0. The first-order chi connectivity index (χ1) is 9.05. The number of carboxylic acid groups (broad SMARTS) is 1. The topological polar surface area (TPSA) is 66.8 Å². The highest BCUT2D eigenvalue weighted by Gasteiger charge is 2.20. The number of hydrogen-bond donors (Lipinski definition) is 2. The molecule has 0 aromatic heterocycles. The average Bonchev–Trinajstić information content (AvgIpc) is 2.35. The molecule has 0 saturated heterocycles. The predicted octanol–water partition coefficient (Wildman–Crippen LogP) is 3.08. The number of rotatable bonds is 5. The van der Waals surface area contributed by atoms with Gasteiger partial charge in [0, 0.05) is 5.41 Å². The van der Waals surface area contributed by atoms with Crippen LogP contribution in [0.15, 0.2) is 18.2 Å². The fourth-order valence-electron chi connectivity index (χ4n) is 1.56. The molecule has 4 nitrogen and oxygen atoms in total. The second-order valence-corrected chi connectivity index (χ2v) is 6.91. The number of carbonyl (C=O) groups is 1. The van der Waals surface area contributed by atoms with Crippen LogP contribution < -0.4 is 4.74 Å². The zero-order valence-corrected chi connectivity index (χ0v) is 12.9. The minimum Gasteiger partial charge on any atom is -0.493 e. The molecule has 1 rings (SSSR count). The second-order valence-electron chi connectivity index (χ2n) is 6.91. The van der Waals surface area contributed by atoms with Gasteiger partial charge in [-0.1, -0.05) is 34.6 Å². The van der Waals surface area contributed by atoms with Crippen LogP contribution in [0.1, 0.15) is 50.5 Å². The van der Waals surface area contributed by atoms with Gasteiger partial charge < -0.3 is 14.9 Å². The summed E-state index contributed by atoms with van der Waals surface area (Å²) in [5.41, 5.74) is 0.612. The van der Waals surface area contributed by atoms with Crippen LogP contribution in [0.5, 0.6) is 5.75 Å². The lowest BCUT2D eigenvalue weighted by atomic mass is 9.86. The molecule has 0 unspecified atom stereocenters. The smallest absolute Gasteiger partial charge is 0.335 e. The Labute approximate surface area is 120 Å². The third kappa shape index (κ3) is 4.53. The summed E-state index contributed by atoms with van der Waals surface area (Å²) in [6.45, 7) is 10.2. The minimum atomic E-state index is -0.970. The van der Waals surface area contributed by atoms with Crippen LogP contribution >= 0.6 is 0 Å². The van der Waals surface area contributed by atoms with E-state index in [0.29, 0.717) is 12.4 Å². The predicted molar refractivity (Wildman–Crippen MR) is 78.5 cm³/mol. The highest BCUT2D eigenvalue weighted by atomic mass is 16.5. The van der Waals surface area contributed by atoms with E-state index >= 15 is 0 Å². The Morgan fingerprint density at radius 3 is 2.20 bits per heavy atom. The lowest BCUT2D eigenvalue weighted by molar-refractivity contribution is 0.0695. The first-order valence-electron chi connectivity index (χ1n) is 6.68. The van der Waals surface area contributed by atoms with E-state index in [1.54, 1.807) is 6.07 Å². The van der Waals surface area contributed by atoms with E-state index < -0.39 is 5.97 Å². The van der Waals surface area contributed by atoms with Gasteiger partial charge in [-0.15, -0.1) is 0 Å². The maximum Gasteiger partial charge on any atom is 0.335 e. The molecule has 0 spiro atoms. The molecule has 0 fully saturated rings. The monoisotopic (exact) mass is 280 g/mol. The van der Waals surface area contributed by atoms with Gasteiger partial charge in [0.25, 0.3) is 0 Å². The molecule has 0 aliphatic carbocycles. The van der Waals surface area contributed by atoms with Crippen molar-refractivity contribution < 1.29 is 19.7 Å². The van der Waals surface area contributed by atoms with Gasteiger partial charge in [-0.25, -0.2) is 4.79 Å². The van der Waals surface area contributed by atoms with Crippen LogP contribution in [0.3, 0.4) is 0 Å². The first kappa shape index (κ1) is 16.5. The summed E-state index contributed by atoms with van der Waals surface area (Å²) in [5, 5.41) is 18.4. The summed E-state index contributed by atoms with van der Waals surface area (Å²) in [6.07, 6.45) is 0. The highest BCUT2D eigenvalue weighted by Crippen LogP contribution is 2.28. The zero-order chi connectivity index (χ0) is 15.6. The summed E-state index contributed by atoms with van der Waals surface area (Å²) in [4.78, 5) is 11.2. The molecule has 1 aromatic rings. The molecule has 0 radical (unpaired) electrons.